The molecule has 3 saturated heterocycles. The number of hydroxylamine groups is 1. The maximum absolute atomic E-state index is 5.91. The number of nitrogens with one attached hydrogen (secondary N) is 3. The maximum Gasteiger partial charge on any atom is 0.146 e. The molecule has 0 aromatic carbocycles. The molecule has 0 aromatic heterocycles. The van der Waals surface area contributed by atoms with Crippen LogP contribution in [0.1, 0.15) is 39.0 Å². The Morgan fingerprint density at radius 2 is 2.09 bits per heavy atom. The van der Waals surface area contributed by atoms with Gasteiger partial charge in [-0.15, -0.1) is 0 Å². The summed E-state index contributed by atoms with van der Waals surface area (Å²) in [7, 11) is 4.29. The normalized spacial score (nSPS) is 40.6. The van der Waals surface area contributed by atoms with Gasteiger partial charge >= 0.3 is 0 Å². The van der Waals surface area contributed by atoms with Crippen LogP contribution < -0.4 is 16.1 Å². The lowest BCUT2D eigenvalue weighted by atomic mass is 9.94. The lowest BCUT2D eigenvalue weighted by Gasteiger charge is -2.36. The summed E-state index contributed by atoms with van der Waals surface area (Å²) in [5, 5.41) is 7.35. The maximum atomic E-state index is 5.91. The number of likely N-dealkylation sites (tertiary alicyclic amines) is 1. The van der Waals surface area contributed by atoms with E-state index in [9.17, 15) is 0 Å². The Bertz CT molecular complexity index is 345. The Kier molecular flexibility index (Phi) is 5.70. The fourth-order valence-electron chi connectivity index (χ4n) is 4.16. The van der Waals surface area contributed by atoms with Crippen molar-refractivity contribution in [3.05, 3.63) is 0 Å². The van der Waals surface area contributed by atoms with Gasteiger partial charge in [0, 0.05) is 12.5 Å². The third kappa shape index (κ3) is 3.63. The smallest absolute Gasteiger partial charge is 0.146 e. The highest BCUT2D eigenvalue weighted by atomic mass is 16.7. The molecule has 3 aliphatic heterocycles. The first-order valence-electron chi connectivity index (χ1n) is 9.00. The molecule has 6 heteroatoms. The molecule has 3 aliphatic rings. The van der Waals surface area contributed by atoms with Gasteiger partial charge in [0.05, 0.1) is 18.4 Å². The van der Waals surface area contributed by atoms with Gasteiger partial charge in [-0.3, -0.25) is 20.0 Å². The molecule has 0 aromatic rings. The van der Waals surface area contributed by atoms with Crippen molar-refractivity contribution in [1.29, 1.82) is 0 Å². The van der Waals surface area contributed by atoms with Crippen LogP contribution in [-0.2, 0) is 4.84 Å². The Morgan fingerprint density at radius 1 is 1.23 bits per heavy atom. The van der Waals surface area contributed by atoms with Gasteiger partial charge in [-0.1, -0.05) is 6.92 Å². The first kappa shape index (κ1) is 16.6. The predicted molar refractivity (Wildman–Crippen MR) is 88.0 cm³/mol. The molecule has 6 nitrogen and oxygen atoms in total. The summed E-state index contributed by atoms with van der Waals surface area (Å²) in [5.41, 5.74) is 3.27. The third-order valence-electron chi connectivity index (χ3n) is 5.46. The Labute approximate surface area is 134 Å². The Morgan fingerprint density at radius 3 is 2.77 bits per heavy atom. The van der Waals surface area contributed by atoms with Crippen molar-refractivity contribution in [1.82, 2.24) is 25.9 Å². The minimum absolute atomic E-state index is 0.144. The molecular weight excluding hydrogens is 278 g/mol. The van der Waals surface area contributed by atoms with Gasteiger partial charge in [-0.2, -0.15) is 5.48 Å². The van der Waals surface area contributed by atoms with E-state index in [1.54, 1.807) is 0 Å². The molecule has 22 heavy (non-hydrogen) atoms. The lowest BCUT2D eigenvalue weighted by molar-refractivity contribution is -0.0239. The largest absolute Gasteiger partial charge is 0.301 e. The van der Waals surface area contributed by atoms with Gasteiger partial charge in [-0.05, 0) is 59.3 Å². The molecule has 0 bridgehead atoms. The first-order chi connectivity index (χ1) is 10.7. The van der Waals surface area contributed by atoms with Crippen LogP contribution in [0.15, 0.2) is 0 Å². The van der Waals surface area contributed by atoms with Crippen molar-refractivity contribution in [2.45, 2.75) is 63.6 Å². The summed E-state index contributed by atoms with van der Waals surface area (Å²) in [6.45, 7) is 5.72. The quantitative estimate of drug-likeness (QED) is 0.688. The molecule has 3 fully saturated rings. The second kappa shape index (κ2) is 7.55. The zero-order chi connectivity index (χ0) is 15.5. The van der Waals surface area contributed by atoms with Crippen LogP contribution in [0.25, 0.3) is 0 Å². The highest BCUT2D eigenvalue weighted by Crippen LogP contribution is 2.25. The van der Waals surface area contributed by atoms with E-state index in [4.69, 9.17) is 4.84 Å². The zero-order valence-corrected chi connectivity index (χ0v) is 14.3. The van der Waals surface area contributed by atoms with E-state index in [1.165, 1.54) is 45.2 Å². The number of hydrogen-bond donors (Lipinski definition) is 3. The minimum Gasteiger partial charge on any atom is -0.301 e. The van der Waals surface area contributed by atoms with E-state index in [0.29, 0.717) is 18.1 Å². The lowest BCUT2D eigenvalue weighted by Crippen LogP contribution is -2.54. The molecule has 5 atom stereocenters. The summed E-state index contributed by atoms with van der Waals surface area (Å²) in [6.07, 6.45) is 7.15. The average molecular weight is 311 g/mol. The van der Waals surface area contributed by atoms with Gasteiger partial charge in [0.1, 0.15) is 6.23 Å². The van der Waals surface area contributed by atoms with Gasteiger partial charge in [0.15, 0.2) is 0 Å². The fourth-order valence-corrected chi connectivity index (χ4v) is 4.16. The van der Waals surface area contributed by atoms with Crippen LogP contribution in [0.2, 0.25) is 0 Å². The first-order valence-corrected chi connectivity index (χ1v) is 9.00. The molecule has 3 N–H and O–H groups in total. The monoisotopic (exact) mass is 311 g/mol. The molecule has 0 radical (unpaired) electrons. The van der Waals surface area contributed by atoms with E-state index in [0.717, 1.165) is 6.54 Å². The number of hydrogen-bond acceptors (Lipinski definition) is 6. The van der Waals surface area contributed by atoms with E-state index < -0.39 is 0 Å². The second-order valence-electron chi connectivity index (χ2n) is 7.27. The van der Waals surface area contributed by atoms with Crippen LogP contribution in [0.5, 0.6) is 0 Å². The average Bonchev–Trinajstić information content (AvgIpc) is 3.16. The van der Waals surface area contributed by atoms with Crippen molar-refractivity contribution in [3.8, 4) is 0 Å². The number of rotatable bonds is 5. The summed E-state index contributed by atoms with van der Waals surface area (Å²) in [4.78, 5) is 10.8. The molecule has 3 heterocycles. The highest BCUT2D eigenvalue weighted by molar-refractivity contribution is 4.91. The summed E-state index contributed by atoms with van der Waals surface area (Å²) >= 11 is 0. The van der Waals surface area contributed by atoms with Gasteiger partial charge in [0.25, 0.3) is 0 Å². The van der Waals surface area contributed by atoms with Crippen molar-refractivity contribution in [2.75, 3.05) is 33.7 Å². The molecular formula is C16H33N5O. The molecule has 0 amide bonds. The van der Waals surface area contributed by atoms with E-state index in [-0.39, 0.29) is 12.4 Å². The van der Waals surface area contributed by atoms with Gasteiger partial charge in [-0.25, -0.2) is 0 Å². The molecule has 3 rings (SSSR count). The highest BCUT2D eigenvalue weighted by Gasteiger charge is 2.40. The number of piperidine rings is 1. The molecule has 0 spiro atoms. The summed E-state index contributed by atoms with van der Waals surface area (Å²) in [6, 6.07) is 0.531. The zero-order valence-electron chi connectivity index (χ0n) is 14.3. The molecule has 4 unspecified atom stereocenters. The second-order valence-corrected chi connectivity index (χ2v) is 7.27. The van der Waals surface area contributed by atoms with Gasteiger partial charge in [0.2, 0.25) is 0 Å². The van der Waals surface area contributed by atoms with Crippen LogP contribution >= 0.6 is 0 Å². The van der Waals surface area contributed by atoms with Crippen molar-refractivity contribution in [2.24, 2.45) is 5.92 Å². The van der Waals surface area contributed by atoms with Crippen LogP contribution in [0.4, 0.5) is 0 Å². The van der Waals surface area contributed by atoms with Gasteiger partial charge < -0.3 is 5.32 Å². The van der Waals surface area contributed by atoms with Crippen LogP contribution in [0.3, 0.4) is 0 Å². The molecule has 128 valence electrons. The van der Waals surface area contributed by atoms with Crippen molar-refractivity contribution in [3.63, 3.8) is 0 Å². The van der Waals surface area contributed by atoms with Crippen LogP contribution in [0, 0.1) is 5.92 Å². The fraction of sp³-hybridized carbons (Fsp3) is 1.00. The van der Waals surface area contributed by atoms with E-state index >= 15 is 0 Å². The standard InChI is InChI=1S/C16H33N5O/c1-4-9-21-10-5-6-13(21)16-18-15(19-22-16)12-7-8-14(17-11-12)20(2)3/h12-19H,4-11H2,1-3H3/t12?,13-,14?,15?,16?/m0/s1. The van der Waals surface area contributed by atoms with E-state index in [1.807, 2.05) is 0 Å². The molecule has 0 saturated carbocycles. The minimum atomic E-state index is 0.144. The van der Waals surface area contributed by atoms with Crippen molar-refractivity contribution < 1.29 is 4.84 Å². The third-order valence-corrected chi connectivity index (χ3v) is 5.46. The Hall–Kier alpha value is -0.240. The topological polar surface area (TPSA) is 51.8 Å². The molecule has 0 aliphatic carbocycles. The summed E-state index contributed by atoms with van der Waals surface area (Å²) in [5.74, 6) is 0.599. The number of nitrogens with zero attached hydrogens (tertiary/aromatic N) is 2. The Balaban J connectivity index is 1.48. The van der Waals surface area contributed by atoms with Crippen molar-refractivity contribution >= 4 is 0 Å². The predicted octanol–water partition coefficient (Wildman–Crippen LogP) is 0.525. The SMILES string of the molecule is CCCN1CCC[C@H]1C1NC(C2CCC(N(C)C)NC2)NO1. The summed E-state index contributed by atoms with van der Waals surface area (Å²) < 4.78 is 0. The van der Waals surface area contributed by atoms with E-state index in [2.05, 4.69) is 46.9 Å². The van der Waals surface area contributed by atoms with Crippen LogP contribution in [-0.4, -0.2) is 68.1 Å².